The van der Waals surface area contributed by atoms with Gasteiger partial charge >= 0.3 is 5.63 Å². The largest absolute Gasteiger partial charge is 0.422 e. The second-order valence-corrected chi connectivity index (χ2v) is 9.00. The Balaban J connectivity index is 1.67. The quantitative estimate of drug-likeness (QED) is 0.245. The van der Waals surface area contributed by atoms with Gasteiger partial charge in [0.25, 0.3) is 0 Å². The summed E-state index contributed by atoms with van der Waals surface area (Å²) >= 11 is 4.74. The first-order chi connectivity index (χ1) is 15.0. The van der Waals surface area contributed by atoms with E-state index in [0.29, 0.717) is 33.3 Å². The highest BCUT2D eigenvalue weighted by molar-refractivity contribution is 9.10. The van der Waals surface area contributed by atoms with Crippen molar-refractivity contribution in [1.82, 2.24) is 4.98 Å². The molecule has 7 heteroatoms. The molecule has 0 spiro atoms. The maximum Gasteiger partial charge on any atom is 0.345 e. The van der Waals surface area contributed by atoms with Gasteiger partial charge in [0.05, 0.1) is 11.3 Å². The van der Waals surface area contributed by atoms with Crippen LogP contribution in [0.25, 0.3) is 27.8 Å². The summed E-state index contributed by atoms with van der Waals surface area (Å²) in [6, 6.07) is 17.4. The third kappa shape index (κ3) is 4.46. The summed E-state index contributed by atoms with van der Waals surface area (Å²) in [6.07, 6.45) is 1.66. The van der Waals surface area contributed by atoms with Gasteiger partial charge in [-0.15, -0.1) is 11.3 Å². The van der Waals surface area contributed by atoms with E-state index in [2.05, 4.69) is 52.2 Å². The van der Waals surface area contributed by atoms with Crippen molar-refractivity contribution in [2.24, 2.45) is 0 Å². The molecule has 2 heterocycles. The van der Waals surface area contributed by atoms with Gasteiger partial charge in [0.1, 0.15) is 22.2 Å². The number of nitrogens with zero attached hydrogens (tertiary/aromatic N) is 2. The number of hydrogen-bond acceptors (Lipinski definition) is 6. The normalized spacial score (nSPS) is 11.6. The van der Waals surface area contributed by atoms with Gasteiger partial charge in [-0.1, -0.05) is 48.0 Å². The maximum atomic E-state index is 12.5. The fourth-order valence-corrected chi connectivity index (χ4v) is 4.38. The van der Waals surface area contributed by atoms with E-state index in [1.54, 1.807) is 23.7 Å². The molecular weight excluding hydrogens is 474 g/mol. The Labute approximate surface area is 191 Å². The Morgan fingerprint density at radius 1 is 1.26 bits per heavy atom. The van der Waals surface area contributed by atoms with Crippen LogP contribution in [0.1, 0.15) is 30.3 Å². The maximum absolute atomic E-state index is 12.5. The highest BCUT2D eigenvalue weighted by Gasteiger charge is 2.14. The van der Waals surface area contributed by atoms with E-state index < -0.39 is 5.63 Å². The average molecular weight is 492 g/mol. The highest BCUT2D eigenvalue weighted by Crippen LogP contribution is 2.28. The van der Waals surface area contributed by atoms with Crippen LogP contribution in [0.2, 0.25) is 0 Å². The van der Waals surface area contributed by atoms with Crippen LogP contribution in [0.5, 0.6) is 0 Å². The molecule has 5 nitrogen and oxygen atoms in total. The van der Waals surface area contributed by atoms with Crippen molar-refractivity contribution >= 4 is 49.5 Å². The van der Waals surface area contributed by atoms with Gasteiger partial charge in [-0.05, 0) is 41.8 Å². The number of fused-ring (bicyclic) bond motifs is 1. The minimum Gasteiger partial charge on any atom is -0.422 e. The van der Waals surface area contributed by atoms with Crippen LogP contribution < -0.4 is 10.9 Å². The molecule has 0 saturated carbocycles. The van der Waals surface area contributed by atoms with Crippen molar-refractivity contribution in [2.45, 2.75) is 19.8 Å². The van der Waals surface area contributed by atoms with Crippen molar-refractivity contribution < 1.29 is 4.42 Å². The molecule has 0 fully saturated rings. The molecule has 0 aliphatic carbocycles. The van der Waals surface area contributed by atoms with E-state index in [1.807, 2.05) is 30.3 Å². The van der Waals surface area contributed by atoms with Crippen molar-refractivity contribution in [3.05, 3.63) is 85.6 Å². The number of hydrogen-bond donors (Lipinski definition) is 1. The number of benzene rings is 2. The van der Waals surface area contributed by atoms with Crippen LogP contribution in [0.15, 0.2) is 73.8 Å². The number of thiazole rings is 1. The Bertz CT molecular complexity index is 1400. The summed E-state index contributed by atoms with van der Waals surface area (Å²) in [5.74, 6) is 0.348. The minimum atomic E-state index is -0.460. The first kappa shape index (κ1) is 21.0. The van der Waals surface area contributed by atoms with Crippen LogP contribution >= 0.6 is 27.3 Å². The lowest BCUT2D eigenvalue weighted by Crippen LogP contribution is -2.03. The second-order valence-electron chi connectivity index (χ2n) is 7.22. The molecule has 2 aromatic heterocycles. The standard InChI is InChI=1S/C24H18BrN3O2S/c1-14(2)18-5-3-4-6-20(18)27-12-16(11-26)23-28-21(13-31-23)19-10-15-9-17(25)7-8-22(15)30-24(19)29/h3-10,12-14,27H,1-2H3/b16-12+. The van der Waals surface area contributed by atoms with Crippen molar-refractivity contribution in [2.75, 3.05) is 5.32 Å². The summed E-state index contributed by atoms with van der Waals surface area (Å²) in [5.41, 5.74) is 3.40. The van der Waals surface area contributed by atoms with Gasteiger partial charge in [0.15, 0.2) is 0 Å². The molecule has 2 aromatic carbocycles. The van der Waals surface area contributed by atoms with E-state index in [1.165, 1.54) is 11.3 Å². The SMILES string of the molecule is CC(C)c1ccccc1N/C=C(\C#N)c1nc(-c2cc3cc(Br)ccc3oc2=O)cs1. The Morgan fingerprint density at radius 2 is 2.06 bits per heavy atom. The molecular formula is C24H18BrN3O2S. The number of halogens is 1. The number of nitriles is 1. The molecule has 1 N–H and O–H groups in total. The number of para-hydroxylation sites is 1. The number of aromatic nitrogens is 1. The Morgan fingerprint density at radius 3 is 2.84 bits per heavy atom. The molecule has 0 amide bonds. The average Bonchev–Trinajstić information content (AvgIpc) is 3.24. The molecule has 0 saturated heterocycles. The molecule has 31 heavy (non-hydrogen) atoms. The minimum absolute atomic E-state index is 0.348. The third-order valence-electron chi connectivity index (χ3n) is 4.78. The fraction of sp³-hybridized carbons (Fsp3) is 0.125. The van der Waals surface area contributed by atoms with Crippen molar-refractivity contribution in [3.63, 3.8) is 0 Å². The van der Waals surface area contributed by atoms with Crippen LogP contribution in [0.4, 0.5) is 5.69 Å². The summed E-state index contributed by atoms with van der Waals surface area (Å²) in [4.78, 5) is 17.0. The second kappa shape index (κ2) is 8.88. The van der Waals surface area contributed by atoms with Crippen LogP contribution in [0.3, 0.4) is 0 Å². The van der Waals surface area contributed by atoms with E-state index >= 15 is 0 Å². The molecule has 4 aromatic rings. The highest BCUT2D eigenvalue weighted by atomic mass is 79.9. The molecule has 0 aliphatic rings. The third-order valence-corrected chi connectivity index (χ3v) is 6.15. The molecule has 154 valence electrons. The van der Waals surface area contributed by atoms with Crippen LogP contribution in [-0.4, -0.2) is 4.98 Å². The molecule has 0 atom stereocenters. The fourth-order valence-electron chi connectivity index (χ4n) is 3.22. The molecule has 4 rings (SSSR count). The van der Waals surface area contributed by atoms with E-state index in [-0.39, 0.29) is 0 Å². The van der Waals surface area contributed by atoms with Gasteiger partial charge in [-0.2, -0.15) is 5.26 Å². The first-order valence-electron chi connectivity index (χ1n) is 9.61. The lowest BCUT2D eigenvalue weighted by Gasteiger charge is -2.12. The number of anilines is 1. The summed E-state index contributed by atoms with van der Waals surface area (Å²) in [5, 5.41) is 16.0. The first-order valence-corrected chi connectivity index (χ1v) is 11.3. The zero-order chi connectivity index (χ0) is 22.0. The van der Waals surface area contributed by atoms with Crippen molar-refractivity contribution in [1.29, 1.82) is 5.26 Å². The predicted molar refractivity (Wildman–Crippen MR) is 129 cm³/mol. The number of allylic oxidation sites excluding steroid dienone is 1. The lowest BCUT2D eigenvalue weighted by molar-refractivity contribution is 0.563. The monoisotopic (exact) mass is 491 g/mol. The summed E-state index contributed by atoms with van der Waals surface area (Å²) < 4.78 is 6.33. The van der Waals surface area contributed by atoms with Gasteiger partial charge in [-0.25, -0.2) is 9.78 Å². The van der Waals surface area contributed by atoms with E-state index in [0.717, 1.165) is 21.1 Å². The van der Waals surface area contributed by atoms with Gasteiger partial charge in [0.2, 0.25) is 0 Å². The number of rotatable bonds is 5. The van der Waals surface area contributed by atoms with Gasteiger partial charge in [-0.3, -0.25) is 0 Å². The molecule has 0 radical (unpaired) electrons. The number of nitrogens with one attached hydrogen (secondary N) is 1. The molecule has 0 bridgehead atoms. The predicted octanol–water partition coefficient (Wildman–Crippen LogP) is 6.78. The topological polar surface area (TPSA) is 78.9 Å². The van der Waals surface area contributed by atoms with E-state index in [4.69, 9.17) is 4.42 Å². The van der Waals surface area contributed by atoms with Gasteiger partial charge in [0, 0.05) is 27.1 Å². The summed E-state index contributed by atoms with van der Waals surface area (Å²) in [6.45, 7) is 4.24. The smallest absolute Gasteiger partial charge is 0.345 e. The van der Waals surface area contributed by atoms with Crippen LogP contribution in [0, 0.1) is 11.3 Å². The molecule has 0 aliphatic heterocycles. The Hall–Kier alpha value is -3.21. The Kier molecular flexibility index (Phi) is 6.03. The summed E-state index contributed by atoms with van der Waals surface area (Å²) in [7, 11) is 0. The van der Waals surface area contributed by atoms with Crippen molar-refractivity contribution in [3.8, 4) is 17.3 Å². The van der Waals surface area contributed by atoms with E-state index in [9.17, 15) is 10.1 Å². The molecule has 0 unspecified atom stereocenters. The van der Waals surface area contributed by atoms with Crippen LogP contribution in [-0.2, 0) is 0 Å². The van der Waals surface area contributed by atoms with Gasteiger partial charge < -0.3 is 9.73 Å². The lowest BCUT2D eigenvalue weighted by atomic mass is 10.0. The zero-order valence-electron chi connectivity index (χ0n) is 16.8. The zero-order valence-corrected chi connectivity index (χ0v) is 19.3.